The van der Waals surface area contributed by atoms with Gasteiger partial charge in [-0.3, -0.25) is 9.59 Å². The predicted octanol–water partition coefficient (Wildman–Crippen LogP) is 4.85. The Morgan fingerprint density at radius 1 is 0.667 bits per heavy atom. The van der Waals surface area contributed by atoms with Crippen LogP contribution in [0.1, 0.15) is 59.8 Å². The summed E-state index contributed by atoms with van der Waals surface area (Å²) < 4.78 is 0. The first-order chi connectivity index (χ1) is 9.91. The Hall–Kier alpha value is -0.0600. The van der Waals surface area contributed by atoms with Gasteiger partial charge in [-0.25, -0.2) is 0 Å². The van der Waals surface area contributed by atoms with Crippen LogP contribution in [0.5, 0.6) is 0 Å². The molecule has 2 fully saturated rings. The van der Waals surface area contributed by atoms with Crippen LogP contribution in [0.2, 0.25) is 0 Å². The quantitative estimate of drug-likeness (QED) is 0.538. The number of carbonyl (C=O) groups is 2. The first-order valence-corrected chi connectivity index (χ1v) is 11.2. The molecule has 0 spiro atoms. The number of rotatable bonds is 2. The van der Waals surface area contributed by atoms with Crippen LogP contribution in [0, 0.1) is 0 Å². The van der Waals surface area contributed by atoms with Gasteiger partial charge in [-0.1, -0.05) is 43.5 Å². The number of ketones is 2. The van der Waals surface area contributed by atoms with Crippen LogP contribution in [0.4, 0.5) is 0 Å². The van der Waals surface area contributed by atoms with E-state index in [1.807, 2.05) is 0 Å². The molecule has 0 radical (unpaired) electrons. The van der Waals surface area contributed by atoms with Crippen LogP contribution in [-0.4, -0.2) is 34.2 Å². The average molecular weight is 324 g/mol. The lowest BCUT2D eigenvalue weighted by atomic mass is 10.2. The molecule has 21 heavy (non-hydrogen) atoms. The van der Waals surface area contributed by atoms with Gasteiger partial charge in [-0.2, -0.15) is 0 Å². The topological polar surface area (TPSA) is 34.1 Å². The number of hydrogen-bond donors (Lipinski definition) is 0. The van der Waals surface area contributed by atoms with Crippen molar-refractivity contribution in [3.63, 3.8) is 0 Å². The Bertz CT molecular complexity index is 447. The summed E-state index contributed by atoms with van der Waals surface area (Å²) in [6, 6.07) is 0. The molecule has 1 aliphatic carbocycles. The van der Waals surface area contributed by atoms with Crippen LogP contribution in [0.3, 0.4) is 0 Å². The van der Waals surface area contributed by atoms with Crippen molar-refractivity contribution in [3.8, 4) is 0 Å². The second-order valence-electron chi connectivity index (χ2n) is 7.09. The lowest BCUT2D eigenvalue weighted by molar-refractivity contribution is -0.120. The minimum Gasteiger partial charge on any atom is -0.294 e. The minimum absolute atomic E-state index is 0.182. The fourth-order valence-corrected chi connectivity index (χ4v) is 11.8. The first kappa shape index (κ1) is 15.8. The number of hydrogen-bond acceptors (Lipinski definition) is 2. The van der Waals surface area contributed by atoms with E-state index in [2.05, 4.69) is 27.7 Å². The van der Waals surface area contributed by atoms with E-state index < -0.39 is 15.8 Å². The molecule has 0 N–H and O–H groups in total. The summed E-state index contributed by atoms with van der Waals surface area (Å²) in [4.78, 5) is 25.2. The fraction of sp³-hybridized carbons (Fsp3) is 0.765. The zero-order chi connectivity index (χ0) is 15.3. The summed E-state index contributed by atoms with van der Waals surface area (Å²) in [6.45, 7) is 9.19. The first-order valence-electron chi connectivity index (χ1n) is 8.29. The molecule has 3 rings (SSSR count). The van der Waals surface area contributed by atoms with Crippen LogP contribution >= 0.6 is 15.8 Å². The molecule has 2 saturated heterocycles. The van der Waals surface area contributed by atoms with Gasteiger partial charge in [0.05, 0.1) is 6.42 Å². The number of Topliss-reactive ketones (excluding diaryl/α,β-unsaturated/α-hetero) is 2. The second-order valence-corrected chi connectivity index (χ2v) is 13.1. The largest absolute Gasteiger partial charge is 0.294 e. The van der Waals surface area contributed by atoms with Crippen LogP contribution in [0.15, 0.2) is 10.6 Å². The molecule has 2 heterocycles. The van der Waals surface area contributed by atoms with Gasteiger partial charge in [0, 0.05) is 10.6 Å². The molecular weight excluding hydrogens is 298 g/mol. The second kappa shape index (κ2) is 5.86. The molecule has 0 amide bonds. The summed E-state index contributed by atoms with van der Waals surface area (Å²) in [5, 5.41) is 2.11. The van der Waals surface area contributed by atoms with Crippen LogP contribution < -0.4 is 0 Å². The Labute approximate surface area is 130 Å². The highest BCUT2D eigenvalue weighted by atomic mass is 31.1. The molecule has 0 aromatic rings. The van der Waals surface area contributed by atoms with Gasteiger partial charge >= 0.3 is 0 Å². The number of allylic oxidation sites excluding steroid dienone is 2. The third kappa shape index (κ3) is 2.57. The molecule has 4 atom stereocenters. The molecular formula is C17H26O2P2. The third-order valence-electron chi connectivity index (χ3n) is 5.49. The van der Waals surface area contributed by atoms with E-state index in [0.29, 0.717) is 22.6 Å². The molecule has 0 unspecified atom stereocenters. The van der Waals surface area contributed by atoms with E-state index >= 15 is 0 Å². The Morgan fingerprint density at radius 2 is 0.952 bits per heavy atom. The van der Waals surface area contributed by atoms with Crippen molar-refractivity contribution in [1.82, 2.24) is 0 Å². The molecule has 0 aromatic carbocycles. The molecule has 2 nitrogen and oxygen atoms in total. The Balaban J connectivity index is 2.07. The lowest BCUT2D eigenvalue weighted by Crippen LogP contribution is -2.08. The highest BCUT2D eigenvalue weighted by Gasteiger charge is 2.46. The maximum Gasteiger partial charge on any atom is 0.171 e. The van der Waals surface area contributed by atoms with Crippen LogP contribution in [0.25, 0.3) is 0 Å². The maximum absolute atomic E-state index is 12.6. The number of carbonyl (C=O) groups excluding carboxylic acids is 2. The van der Waals surface area contributed by atoms with E-state index in [1.165, 1.54) is 25.7 Å². The zero-order valence-corrected chi connectivity index (χ0v) is 15.3. The van der Waals surface area contributed by atoms with E-state index in [0.717, 1.165) is 10.6 Å². The van der Waals surface area contributed by atoms with Gasteiger partial charge in [-0.05, 0) is 48.3 Å². The highest BCUT2D eigenvalue weighted by Crippen LogP contribution is 2.70. The van der Waals surface area contributed by atoms with Crippen molar-refractivity contribution < 1.29 is 9.59 Å². The normalized spacial score (nSPS) is 39.0. The molecule has 0 aromatic heterocycles. The molecule has 0 saturated carbocycles. The molecule has 4 heteroatoms. The summed E-state index contributed by atoms with van der Waals surface area (Å²) in [5.74, 6) is 0.381. The monoisotopic (exact) mass is 324 g/mol. The van der Waals surface area contributed by atoms with E-state index in [4.69, 9.17) is 0 Å². The van der Waals surface area contributed by atoms with Crippen molar-refractivity contribution in [1.29, 1.82) is 0 Å². The van der Waals surface area contributed by atoms with Gasteiger partial charge < -0.3 is 0 Å². The molecule has 2 aliphatic heterocycles. The van der Waals surface area contributed by atoms with Crippen LogP contribution in [-0.2, 0) is 9.59 Å². The summed E-state index contributed by atoms with van der Waals surface area (Å²) in [7, 11) is -0.805. The standard InChI is InChI=1S/C17H26O2P2/c1-10-5-6-11(2)20(10)16-14(18)9-15(19)17(16)21-12(3)7-8-13(21)4/h10-13H,5-9H2,1-4H3/t10-,11-,12-,13-/m1/s1. The Kier molecular flexibility index (Phi) is 4.41. The maximum atomic E-state index is 12.6. The van der Waals surface area contributed by atoms with Crippen molar-refractivity contribution >= 4 is 27.4 Å². The van der Waals surface area contributed by atoms with E-state index in [1.54, 1.807) is 0 Å². The van der Waals surface area contributed by atoms with E-state index in [9.17, 15) is 9.59 Å². The van der Waals surface area contributed by atoms with Gasteiger partial charge in [0.25, 0.3) is 0 Å². The van der Waals surface area contributed by atoms with Gasteiger partial charge in [0.15, 0.2) is 11.6 Å². The van der Waals surface area contributed by atoms with Gasteiger partial charge in [0.2, 0.25) is 0 Å². The zero-order valence-electron chi connectivity index (χ0n) is 13.6. The highest BCUT2D eigenvalue weighted by molar-refractivity contribution is 7.70. The van der Waals surface area contributed by atoms with Gasteiger partial charge in [-0.15, -0.1) is 0 Å². The fourth-order valence-electron chi connectivity index (χ4n) is 4.38. The predicted molar refractivity (Wildman–Crippen MR) is 91.8 cm³/mol. The molecule has 116 valence electrons. The Morgan fingerprint density at radius 3 is 1.24 bits per heavy atom. The molecule has 0 bridgehead atoms. The minimum atomic E-state index is -0.403. The smallest absolute Gasteiger partial charge is 0.171 e. The summed E-state index contributed by atoms with van der Waals surface area (Å²) >= 11 is 0. The van der Waals surface area contributed by atoms with E-state index in [-0.39, 0.29) is 18.0 Å². The average Bonchev–Trinajstić information content (AvgIpc) is 3.00. The van der Waals surface area contributed by atoms with Crippen molar-refractivity contribution in [2.45, 2.75) is 82.4 Å². The molecule has 3 aliphatic rings. The third-order valence-corrected chi connectivity index (χ3v) is 12.5. The van der Waals surface area contributed by atoms with Crippen molar-refractivity contribution in [2.24, 2.45) is 0 Å². The van der Waals surface area contributed by atoms with Crippen molar-refractivity contribution in [3.05, 3.63) is 10.6 Å². The summed E-state index contributed by atoms with van der Waals surface area (Å²) in [6.07, 6.45) is 5.10. The van der Waals surface area contributed by atoms with Crippen molar-refractivity contribution in [2.75, 3.05) is 0 Å². The van der Waals surface area contributed by atoms with Gasteiger partial charge in [0.1, 0.15) is 0 Å². The SMILES string of the molecule is C[C@@H]1CC[C@@H](C)P1C1=C(P2[C@H](C)CC[C@H]2C)C(=O)CC1=O. The summed E-state index contributed by atoms with van der Waals surface area (Å²) in [5.41, 5.74) is 2.49. The lowest BCUT2D eigenvalue weighted by Gasteiger charge is -2.27.